The minimum Gasteiger partial charge on any atom is -0.444 e. The summed E-state index contributed by atoms with van der Waals surface area (Å²) in [7, 11) is 0. The summed E-state index contributed by atoms with van der Waals surface area (Å²) >= 11 is 3.35. The first-order valence-corrected chi connectivity index (χ1v) is 6.67. The predicted molar refractivity (Wildman–Crippen MR) is 65.7 cm³/mol. The summed E-state index contributed by atoms with van der Waals surface area (Å²) in [6.45, 7) is 6.68. The van der Waals surface area contributed by atoms with Crippen LogP contribution in [0.5, 0.6) is 0 Å². The Kier molecular flexibility index (Phi) is 4.62. The lowest BCUT2D eigenvalue weighted by molar-refractivity contribution is -0.00383. The molecule has 0 radical (unpaired) electrons. The van der Waals surface area contributed by atoms with Crippen molar-refractivity contribution in [3.63, 3.8) is 0 Å². The molecule has 0 aromatic rings. The van der Waals surface area contributed by atoms with Crippen LogP contribution in [-0.4, -0.2) is 46.2 Å². The van der Waals surface area contributed by atoms with Gasteiger partial charge in [-0.25, -0.2) is 4.79 Å². The first-order chi connectivity index (χ1) is 7.33. The highest BCUT2D eigenvalue weighted by atomic mass is 79.9. The Morgan fingerprint density at radius 3 is 2.69 bits per heavy atom. The number of ether oxygens (including phenoxy) is 1. The van der Waals surface area contributed by atoms with E-state index in [1.165, 1.54) is 0 Å². The molecule has 0 aliphatic carbocycles. The van der Waals surface area contributed by atoms with Gasteiger partial charge in [0, 0.05) is 24.3 Å². The Bertz CT molecular complexity index is 252. The van der Waals surface area contributed by atoms with Gasteiger partial charge in [-0.1, -0.05) is 15.9 Å². The second-order valence-electron chi connectivity index (χ2n) is 5.20. The van der Waals surface area contributed by atoms with Crippen molar-refractivity contribution in [1.82, 2.24) is 4.90 Å². The summed E-state index contributed by atoms with van der Waals surface area (Å²) in [6, 6.07) is 0. The molecule has 1 fully saturated rings. The number of amides is 1. The normalized spacial score (nSPS) is 26.7. The number of nitrogens with zero attached hydrogens (tertiary/aromatic N) is 1. The van der Waals surface area contributed by atoms with Gasteiger partial charge in [0.1, 0.15) is 5.60 Å². The molecule has 0 saturated carbocycles. The van der Waals surface area contributed by atoms with Crippen LogP contribution in [0.25, 0.3) is 0 Å². The van der Waals surface area contributed by atoms with E-state index in [1.54, 1.807) is 4.90 Å². The van der Waals surface area contributed by atoms with E-state index in [1.807, 2.05) is 20.8 Å². The summed E-state index contributed by atoms with van der Waals surface area (Å²) in [5.41, 5.74) is -0.461. The van der Waals surface area contributed by atoms with E-state index in [9.17, 15) is 9.90 Å². The molecule has 0 aromatic heterocycles. The van der Waals surface area contributed by atoms with Gasteiger partial charge in [0.2, 0.25) is 0 Å². The molecule has 0 aromatic carbocycles. The average Bonchev–Trinajstić information content (AvgIpc) is 2.15. The maximum absolute atomic E-state index is 11.8. The lowest BCUT2D eigenvalue weighted by atomic mass is 9.97. The molecule has 1 aliphatic heterocycles. The summed E-state index contributed by atoms with van der Waals surface area (Å²) in [4.78, 5) is 13.5. The Hall–Kier alpha value is -0.290. The minimum atomic E-state index is -0.461. The molecule has 5 heteroatoms. The molecular formula is C11H20BrNO3. The van der Waals surface area contributed by atoms with Gasteiger partial charge >= 0.3 is 6.09 Å². The Balaban J connectivity index is 2.52. The number of hydrogen-bond acceptors (Lipinski definition) is 3. The van der Waals surface area contributed by atoms with Crippen molar-refractivity contribution < 1.29 is 14.6 Å². The van der Waals surface area contributed by atoms with E-state index in [2.05, 4.69) is 15.9 Å². The van der Waals surface area contributed by atoms with Crippen molar-refractivity contribution in [1.29, 1.82) is 0 Å². The van der Waals surface area contributed by atoms with Crippen LogP contribution in [0.1, 0.15) is 27.2 Å². The van der Waals surface area contributed by atoms with Gasteiger partial charge in [0.05, 0.1) is 6.10 Å². The molecule has 16 heavy (non-hydrogen) atoms. The molecule has 94 valence electrons. The molecule has 4 nitrogen and oxygen atoms in total. The zero-order valence-electron chi connectivity index (χ0n) is 10.1. The quantitative estimate of drug-likeness (QED) is 0.753. The van der Waals surface area contributed by atoms with Crippen LogP contribution < -0.4 is 0 Å². The van der Waals surface area contributed by atoms with Crippen molar-refractivity contribution in [2.45, 2.75) is 38.9 Å². The number of aliphatic hydroxyl groups is 1. The number of carbonyl (C=O) groups excluding carboxylic acids is 1. The van der Waals surface area contributed by atoms with Crippen LogP contribution >= 0.6 is 15.9 Å². The lowest BCUT2D eigenvalue weighted by Gasteiger charge is -2.36. The minimum absolute atomic E-state index is 0.0984. The SMILES string of the molecule is CC(C)(C)OC(=O)N1CCC(O)C(CBr)C1. The lowest BCUT2D eigenvalue weighted by Crippen LogP contribution is -2.48. The number of rotatable bonds is 1. The molecule has 1 heterocycles. The fraction of sp³-hybridized carbons (Fsp3) is 0.909. The first kappa shape index (κ1) is 13.8. The van der Waals surface area contributed by atoms with Gasteiger partial charge in [-0.15, -0.1) is 0 Å². The van der Waals surface area contributed by atoms with Gasteiger partial charge in [0.15, 0.2) is 0 Å². The van der Waals surface area contributed by atoms with Crippen LogP contribution in [0.15, 0.2) is 0 Å². The predicted octanol–water partition coefficient (Wildman–Crippen LogP) is 2.00. The fourth-order valence-corrected chi connectivity index (χ4v) is 2.30. The van der Waals surface area contributed by atoms with Crippen molar-refractivity contribution in [3.8, 4) is 0 Å². The number of alkyl halides is 1. The molecule has 1 rings (SSSR count). The van der Waals surface area contributed by atoms with Gasteiger partial charge in [-0.2, -0.15) is 0 Å². The molecule has 1 amide bonds. The molecule has 0 bridgehead atoms. The van der Waals surface area contributed by atoms with Gasteiger partial charge in [0.25, 0.3) is 0 Å². The largest absolute Gasteiger partial charge is 0.444 e. The third kappa shape index (κ3) is 3.94. The summed E-state index contributed by atoms with van der Waals surface area (Å²) in [5, 5.41) is 10.4. The first-order valence-electron chi connectivity index (χ1n) is 5.55. The highest BCUT2D eigenvalue weighted by Crippen LogP contribution is 2.21. The Labute approximate surface area is 105 Å². The average molecular weight is 294 g/mol. The Morgan fingerprint density at radius 2 is 2.19 bits per heavy atom. The van der Waals surface area contributed by atoms with Crippen molar-refractivity contribution in [3.05, 3.63) is 0 Å². The van der Waals surface area contributed by atoms with E-state index >= 15 is 0 Å². The second kappa shape index (κ2) is 5.36. The second-order valence-corrected chi connectivity index (χ2v) is 5.84. The van der Waals surface area contributed by atoms with E-state index in [4.69, 9.17) is 4.74 Å². The third-order valence-electron chi connectivity index (χ3n) is 2.54. The Morgan fingerprint density at radius 1 is 1.56 bits per heavy atom. The van der Waals surface area contributed by atoms with Crippen LogP contribution in [0.2, 0.25) is 0 Å². The summed E-state index contributed by atoms with van der Waals surface area (Å²) < 4.78 is 5.30. The van der Waals surface area contributed by atoms with Crippen LogP contribution in [0.3, 0.4) is 0 Å². The van der Waals surface area contributed by atoms with Crippen LogP contribution in [0.4, 0.5) is 4.79 Å². The summed E-state index contributed by atoms with van der Waals surface area (Å²) in [6.07, 6.45) is 0.0126. The highest BCUT2D eigenvalue weighted by Gasteiger charge is 2.31. The van der Waals surface area contributed by atoms with Crippen LogP contribution in [0, 0.1) is 5.92 Å². The van der Waals surface area contributed by atoms with Crippen LogP contribution in [-0.2, 0) is 4.74 Å². The summed E-state index contributed by atoms with van der Waals surface area (Å²) in [5.74, 6) is 0.0984. The van der Waals surface area contributed by atoms with Crippen molar-refractivity contribution in [2.24, 2.45) is 5.92 Å². The van der Waals surface area contributed by atoms with E-state index in [-0.39, 0.29) is 18.1 Å². The third-order valence-corrected chi connectivity index (χ3v) is 3.38. The number of likely N-dealkylation sites (tertiary alicyclic amines) is 1. The fourth-order valence-electron chi connectivity index (χ4n) is 1.66. The van der Waals surface area contributed by atoms with Crippen molar-refractivity contribution >= 4 is 22.0 Å². The number of halogens is 1. The van der Waals surface area contributed by atoms with Gasteiger partial charge in [-0.3, -0.25) is 0 Å². The van der Waals surface area contributed by atoms with Gasteiger partial charge < -0.3 is 14.7 Å². The number of hydrogen-bond donors (Lipinski definition) is 1. The number of carbonyl (C=O) groups is 1. The van der Waals surface area contributed by atoms with E-state index < -0.39 is 5.60 Å². The molecule has 0 spiro atoms. The molecule has 1 saturated heterocycles. The molecule has 2 atom stereocenters. The molecule has 1 N–H and O–H groups in total. The zero-order valence-corrected chi connectivity index (χ0v) is 11.7. The molecular weight excluding hydrogens is 274 g/mol. The van der Waals surface area contributed by atoms with Crippen molar-refractivity contribution in [2.75, 3.05) is 18.4 Å². The van der Waals surface area contributed by atoms with E-state index in [0.717, 1.165) is 0 Å². The highest BCUT2D eigenvalue weighted by molar-refractivity contribution is 9.09. The molecule has 1 aliphatic rings. The van der Waals surface area contributed by atoms with E-state index in [0.29, 0.717) is 24.8 Å². The topological polar surface area (TPSA) is 49.8 Å². The number of aliphatic hydroxyl groups excluding tert-OH is 1. The maximum Gasteiger partial charge on any atom is 0.410 e. The maximum atomic E-state index is 11.8. The standard InChI is InChI=1S/C11H20BrNO3/c1-11(2,3)16-10(15)13-5-4-9(14)8(6-12)7-13/h8-9,14H,4-7H2,1-3H3. The molecule has 2 unspecified atom stereocenters. The van der Waals surface area contributed by atoms with Gasteiger partial charge in [-0.05, 0) is 27.2 Å². The monoisotopic (exact) mass is 293 g/mol. The smallest absolute Gasteiger partial charge is 0.410 e. The zero-order chi connectivity index (χ0) is 12.3. The number of piperidine rings is 1.